The number of benzene rings is 2. The molecular weight excluding hydrogens is 459 g/mol. The van der Waals surface area contributed by atoms with Gasteiger partial charge in [-0.2, -0.15) is 0 Å². The number of esters is 1. The second-order valence-corrected chi connectivity index (χ2v) is 10.2. The van der Waals surface area contributed by atoms with E-state index in [1.165, 1.54) is 31.4 Å². The monoisotopic (exact) mass is 489 g/mol. The molecule has 2 aromatic carbocycles. The van der Waals surface area contributed by atoms with Gasteiger partial charge in [0.1, 0.15) is 5.75 Å². The number of rotatable bonds is 5. The van der Waals surface area contributed by atoms with Crippen LogP contribution in [0.4, 0.5) is 24.8 Å². The number of anilines is 2. The average Bonchev–Trinajstić information content (AvgIpc) is 3.11. The number of aromatic nitrogens is 2. The predicted molar refractivity (Wildman–Crippen MR) is 128 cm³/mol. The van der Waals surface area contributed by atoms with Crippen LogP contribution in [0.25, 0.3) is 11.0 Å². The summed E-state index contributed by atoms with van der Waals surface area (Å²) in [5, 5.41) is 3.28. The Labute approximate surface area is 202 Å². The molecule has 0 radical (unpaired) electrons. The Morgan fingerprint density at radius 3 is 2.43 bits per heavy atom. The SMILES string of the molecule is COC(=O)c1ccc2c(nc(Nc3ccc(OC(F)(F)F)cc3)n2C2CC(C)CC(C)(C)C2)c1C. The number of carbonyl (C=O) groups is 1. The van der Waals surface area contributed by atoms with Crippen molar-refractivity contribution >= 4 is 28.6 Å². The first-order valence-corrected chi connectivity index (χ1v) is 11.6. The summed E-state index contributed by atoms with van der Waals surface area (Å²) in [6.07, 6.45) is -1.69. The fourth-order valence-corrected chi connectivity index (χ4v) is 5.45. The van der Waals surface area contributed by atoms with Crippen molar-refractivity contribution in [3.8, 4) is 5.75 Å². The molecule has 1 aliphatic rings. The highest BCUT2D eigenvalue weighted by molar-refractivity contribution is 5.97. The van der Waals surface area contributed by atoms with E-state index in [0.29, 0.717) is 34.2 Å². The zero-order chi connectivity index (χ0) is 25.5. The molecule has 4 rings (SSSR count). The molecule has 0 bridgehead atoms. The number of halogens is 3. The van der Waals surface area contributed by atoms with Gasteiger partial charge in [0.15, 0.2) is 0 Å². The molecule has 0 spiro atoms. The van der Waals surface area contributed by atoms with Crippen LogP contribution in [0.15, 0.2) is 36.4 Å². The first-order chi connectivity index (χ1) is 16.4. The number of carbonyl (C=O) groups excluding carboxylic acids is 1. The van der Waals surface area contributed by atoms with Crippen molar-refractivity contribution in [1.82, 2.24) is 9.55 Å². The summed E-state index contributed by atoms with van der Waals surface area (Å²) in [4.78, 5) is 17.1. The van der Waals surface area contributed by atoms with Crippen molar-refractivity contribution < 1.29 is 27.4 Å². The molecular formula is C26H30F3N3O3. The molecule has 0 saturated heterocycles. The molecule has 35 heavy (non-hydrogen) atoms. The number of fused-ring (bicyclic) bond motifs is 1. The van der Waals surface area contributed by atoms with Gasteiger partial charge in [0.05, 0.1) is 23.7 Å². The molecule has 2 unspecified atom stereocenters. The summed E-state index contributed by atoms with van der Waals surface area (Å²) >= 11 is 0. The molecule has 1 aromatic heterocycles. The van der Waals surface area contributed by atoms with Crippen LogP contribution >= 0.6 is 0 Å². The van der Waals surface area contributed by atoms with Crippen molar-refractivity contribution in [1.29, 1.82) is 0 Å². The highest BCUT2D eigenvalue weighted by atomic mass is 19.4. The molecule has 1 aliphatic carbocycles. The van der Waals surface area contributed by atoms with Crippen LogP contribution in [0.5, 0.6) is 5.75 Å². The molecule has 0 amide bonds. The summed E-state index contributed by atoms with van der Waals surface area (Å²) in [5.41, 5.74) is 3.46. The summed E-state index contributed by atoms with van der Waals surface area (Å²) in [5.74, 6) is 0.368. The number of methoxy groups -OCH3 is 1. The van der Waals surface area contributed by atoms with Gasteiger partial charge in [-0.05, 0) is 79.5 Å². The first-order valence-electron chi connectivity index (χ1n) is 11.6. The van der Waals surface area contributed by atoms with Gasteiger partial charge in [0, 0.05) is 11.7 Å². The third kappa shape index (κ3) is 5.39. The summed E-state index contributed by atoms with van der Waals surface area (Å²) in [6.45, 7) is 8.62. The Morgan fingerprint density at radius 2 is 1.83 bits per heavy atom. The van der Waals surface area contributed by atoms with Gasteiger partial charge in [-0.3, -0.25) is 0 Å². The van der Waals surface area contributed by atoms with Crippen molar-refractivity contribution in [3.63, 3.8) is 0 Å². The normalized spacial score (nSPS) is 20.0. The van der Waals surface area contributed by atoms with E-state index in [-0.39, 0.29) is 17.2 Å². The highest BCUT2D eigenvalue weighted by Crippen LogP contribution is 2.46. The quantitative estimate of drug-likeness (QED) is 0.385. The van der Waals surface area contributed by atoms with Crippen LogP contribution in [0.2, 0.25) is 0 Å². The van der Waals surface area contributed by atoms with Crippen LogP contribution in [-0.2, 0) is 4.74 Å². The smallest absolute Gasteiger partial charge is 0.465 e. The van der Waals surface area contributed by atoms with Gasteiger partial charge in [0.2, 0.25) is 5.95 Å². The van der Waals surface area contributed by atoms with Crippen molar-refractivity contribution in [3.05, 3.63) is 47.5 Å². The maximum Gasteiger partial charge on any atom is 0.573 e. The largest absolute Gasteiger partial charge is 0.573 e. The lowest BCUT2D eigenvalue weighted by Gasteiger charge is -2.40. The van der Waals surface area contributed by atoms with Crippen molar-refractivity contribution in [2.45, 2.75) is 59.4 Å². The molecule has 1 N–H and O–H groups in total. The van der Waals surface area contributed by atoms with E-state index in [1.807, 2.05) is 13.0 Å². The van der Waals surface area contributed by atoms with E-state index in [9.17, 15) is 18.0 Å². The Balaban J connectivity index is 1.78. The number of imidazole rings is 1. The van der Waals surface area contributed by atoms with Gasteiger partial charge in [-0.25, -0.2) is 9.78 Å². The van der Waals surface area contributed by atoms with Crippen molar-refractivity contribution in [2.24, 2.45) is 11.3 Å². The molecule has 2 atom stereocenters. The van der Waals surface area contributed by atoms with E-state index in [0.717, 1.165) is 24.8 Å². The second-order valence-electron chi connectivity index (χ2n) is 10.2. The average molecular weight is 490 g/mol. The third-order valence-electron chi connectivity index (χ3n) is 6.59. The molecule has 9 heteroatoms. The van der Waals surface area contributed by atoms with Gasteiger partial charge in [-0.15, -0.1) is 13.2 Å². The summed E-state index contributed by atoms with van der Waals surface area (Å²) < 4.78 is 48.7. The number of nitrogens with zero attached hydrogens (tertiary/aromatic N) is 2. The predicted octanol–water partition coefficient (Wildman–Crippen LogP) is 7.16. The second kappa shape index (κ2) is 9.09. The summed E-state index contributed by atoms with van der Waals surface area (Å²) in [7, 11) is 1.34. The number of aryl methyl sites for hydroxylation is 1. The van der Waals surface area contributed by atoms with Crippen LogP contribution < -0.4 is 10.1 Å². The maximum atomic E-state index is 12.5. The van der Waals surface area contributed by atoms with Gasteiger partial charge >= 0.3 is 12.3 Å². The highest BCUT2D eigenvalue weighted by Gasteiger charge is 2.35. The van der Waals surface area contributed by atoms with E-state index in [4.69, 9.17) is 9.72 Å². The molecule has 1 fully saturated rings. The molecule has 1 heterocycles. The first kappa shape index (κ1) is 24.9. The number of hydrogen-bond donors (Lipinski definition) is 1. The topological polar surface area (TPSA) is 65.4 Å². The van der Waals surface area contributed by atoms with Gasteiger partial charge < -0.3 is 19.4 Å². The van der Waals surface area contributed by atoms with Crippen LogP contribution in [0, 0.1) is 18.3 Å². The lowest BCUT2D eigenvalue weighted by Crippen LogP contribution is -2.29. The minimum absolute atomic E-state index is 0.147. The van der Waals surface area contributed by atoms with E-state index in [2.05, 4.69) is 35.4 Å². The number of ether oxygens (including phenoxy) is 2. The van der Waals surface area contributed by atoms with Crippen molar-refractivity contribution in [2.75, 3.05) is 12.4 Å². The fraction of sp³-hybridized carbons (Fsp3) is 0.462. The Hall–Kier alpha value is -3.23. The Bertz CT molecular complexity index is 1230. The zero-order valence-electron chi connectivity index (χ0n) is 20.5. The molecule has 3 aromatic rings. The number of nitrogens with one attached hydrogen (secondary N) is 1. The van der Waals surface area contributed by atoms with Gasteiger partial charge in [-0.1, -0.05) is 20.8 Å². The third-order valence-corrected chi connectivity index (χ3v) is 6.59. The van der Waals surface area contributed by atoms with Gasteiger partial charge in [0.25, 0.3) is 0 Å². The fourth-order valence-electron chi connectivity index (χ4n) is 5.45. The minimum Gasteiger partial charge on any atom is -0.465 e. The lowest BCUT2D eigenvalue weighted by atomic mass is 9.70. The zero-order valence-corrected chi connectivity index (χ0v) is 20.5. The number of hydrogen-bond acceptors (Lipinski definition) is 5. The Kier molecular flexibility index (Phi) is 6.46. The summed E-state index contributed by atoms with van der Waals surface area (Å²) in [6, 6.07) is 9.36. The van der Waals surface area contributed by atoms with Crippen LogP contribution in [0.3, 0.4) is 0 Å². The van der Waals surface area contributed by atoms with Crippen LogP contribution in [-0.4, -0.2) is 29.0 Å². The van der Waals surface area contributed by atoms with E-state index in [1.54, 1.807) is 6.07 Å². The minimum atomic E-state index is -4.75. The molecule has 6 nitrogen and oxygen atoms in total. The maximum absolute atomic E-state index is 12.5. The van der Waals surface area contributed by atoms with E-state index >= 15 is 0 Å². The number of alkyl halides is 3. The standard InChI is InChI=1S/C26H30F3N3O3/c1-15-12-18(14-25(3,4)13-15)32-21-11-10-20(23(33)34-5)16(2)22(21)31-24(32)30-17-6-8-19(9-7-17)35-26(27,28)29/h6-11,15,18H,12-14H2,1-5H3,(H,30,31). The molecule has 188 valence electrons. The lowest BCUT2D eigenvalue weighted by molar-refractivity contribution is -0.274. The molecule has 1 saturated carbocycles. The van der Waals surface area contributed by atoms with E-state index < -0.39 is 12.3 Å². The van der Waals surface area contributed by atoms with Crippen LogP contribution in [0.1, 0.15) is 62.0 Å². The Morgan fingerprint density at radius 1 is 1.14 bits per heavy atom. The molecule has 0 aliphatic heterocycles.